The van der Waals surface area contributed by atoms with Crippen LogP contribution in [0.25, 0.3) is 0 Å². The molecule has 0 amide bonds. The fourth-order valence-corrected chi connectivity index (χ4v) is 2.03. The SMILES string of the molecule is O=[N+]([O-])O[C@@H]1CO[C@H]2[C@@H]1OC[C@@H]2O.c1ccccc1. The second kappa shape index (κ2) is 6.46. The van der Waals surface area contributed by atoms with Gasteiger partial charge in [-0.25, -0.2) is 0 Å². The first-order chi connectivity index (χ1) is 9.18. The average molecular weight is 269 g/mol. The maximum absolute atomic E-state index is 10.0. The minimum Gasteiger partial charge on any atom is -0.388 e. The van der Waals surface area contributed by atoms with Gasteiger partial charge in [-0.2, -0.15) is 0 Å². The molecule has 2 fully saturated rings. The Bertz CT molecular complexity index is 374. The molecule has 1 aromatic carbocycles. The van der Waals surface area contributed by atoms with Gasteiger partial charge in [-0.1, -0.05) is 36.4 Å². The molecule has 0 aliphatic carbocycles. The van der Waals surface area contributed by atoms with E-state index in [4.69, 9.17) is 9.47 Å². The van der Waals surface area contributed by atoms with E-state index < -0.39 is 29.5 Å². The van der Waals surface area contributed by atoms with Gasteiger partial charge >= 0.3 is 0 Å². The van der Waals surface area contributed by atoms with Crippen LogP contribution in [-0.4, -0.2) is 47.8 Å². The highest BCUT2D eigenvalue weighted by atomic mass is 17.0. The maximum atomic E-state index is 10.0. The summed E-state index contributed by atoms with van der Waals surface area (Å²) in [7, 11) is 0. The number of aliphatic hydroxyl groups excluding tert-OH is 1. The summed E-state index contributed by atoms with van der Waals surface area (Å²) in [6.07, 6.45) is -2.41. The predicted octanol–water partition coefficient (Wildman–Crippen LogP) is 0.408. The Kier molecular flexibility index (Phi) is 4.67. The molecule has 104 valence electrons. The van der Waals surface area contributed by atoms with Crippen molar-refractivity contribution in [3.63, 3.8) is 0 Å². The van der Waals surface area contributed by atoms with Crippen LogP contribution < -0.4 is 0 Å². The zero-order valence-electron chi connectivity index (χ0n) is 10.1. The van der Waals surface area contributed by atoms with Crippen LogP contribution in [0.2, 0.25) is 0 Å². The lowest BCUT2D eigenvalue weighted by atomic mass is 10.1. The highest BCUT2D eigenvalue weighted by Gasteiger charge is 2.48. The molecule has 1 aromatic rings. The summed E-state index contributed by atoms with van der Waals surface area (Å²) in [6, 6.07) is 12.0. The minimum atomic E-state index is -0.871. The number of ether oxygens (including phenoxy) is 2. The second-order valence-corrected chi connectivity index (χ2v) is 4.19. The Balaban J connectivity index is 0.000000186. The van der Waals surface area contributed by atoms with Crippen LogP contribution in [0.5, 0.6) is 0 Å². The van der Waals surface area contributed by atoms with Gasteiger partial charge in [0.1, 0.15) is 18.3 Å². The average Bonchev–Trinajstić information content (AvgIpc) is 2.97. The lowest BCUT2D eigenvalue weighted by Gasteiger charge is -2.12. The number of hydrogen-bond donors (Lipinski definition) is 1. The van der Waals surface area contributed by atoms with Crippen molar-refractivity contribution in [2.75, 3.05) is 13.2 Å². The predicted molar refractivity (Wildman–Crippen MR) is 63.8 cm³/mol. The molecule has 2 heterocycles. The van der Waals surface area contributed by atoms with Gasteiger partial charge < -0.3 is 19.4 Å². The van der Waals surface area contributed by atoms with E-state index in [0.717, 1.165) is 0 Å². The molecule has 2 aliphatic heterocycles. The minimum absolute atomic E-state index is 0.0906. The third-order valence-corrected chi connectivity index (χ3v) is 2.87. The molecule has 3 rings (SSSR count). The number of fused-ring (bicyclic) bond motifs is 1. The highest BCUT2D eigenvalue weighted by molar-refractivity contribution is 4.99. The van der Waals surface area contributed by atoms with E-state index in [-0.39, 0.29) is 13.2 Å². The zero-order valence-corrected chi connectivity index (χ0v) is 10.1. The van der Waals surface area contributed by atoms with Crippen molar-refractivity contribution in [1.82, 2.24) is 0 Å². The molecular weight excluding hydrogens is 254 g/mol. The van der Waals surface area contributed by atoms with E-state index in [1.807, 2.05) is 36.4 Å². The topological polar surface area (TPSA) is 91.1 Å². The van der Waals surface area contributed by atoms with E-state index in [9.17, 15) is 15.2 Å². The van der Waals surface area contributed by atoms with Crippen molar-refractivity contribution in [3.8, 4) is 0 Å². The number of benzene rings is 1. The quantitative estimate of drug-likeness (QED) is 0.617. The van der Waals surface area contributed by atoms with Crippen LogP contribution >= 0.6 is 0 Å². The molecule has 1 N–H and O–H groups in total. The molecule has 0 bridgehead atoms. The largest absolute Gasteiger partial charge is 0.388 e. The van der Waals surface area contributed by atoms with E-state index >= 15 is 0 Å². The molecule has 7 heteroatoms. The zero-order chi connectivity index (χ0) is 13.7. The summed E-state index contributed by atoms with van der Waals surface area (Å²) in [5.41, 5.74) is 0. The van der Waals surface area contributed by atoms with Gasteiger partial charge in [-0.05, 0) is 0 Å². The van der Waals surface area contributed by atoms with Crippen molar-refractivity contribution in [3.05, 3.63) is 46.5 Å². The van der Waals surface area contributed by atoms with Crippen LogP contribution in [0.4, 0.5) is 0 Å². The smallest absolute Gasteiger partial charge is 0.294 e. The number of hydrogen-bond acceptors (Lipinski definition) is 6. The molecule has 0 unspecified atom stereocenters. The Labute approximate surface area is 109 Å². The Hall–Kier alpha value is -1.70. The van der Waals surface area contributed by atoms with Crippen LogP contribution in [0.15, 0.2) is 36.4 Å². The van der Waals surface area contributed by atoms with Crippen LogP contribution in [0.1, 0.15) is 0 Å². The molecule has 0 radical (unpaired) electrons. The summed E-state index contributed by atoms with van der Waals surface area (Å²) in [6.45, 7) is 0.236. The number of nitrogens with zero attached hydrogens (tertiary/aromatic N) is 1. The third kappa shape index (κ3) is 3.63. The van der Waals surface area contributed by atoms with Crippen LogP contribution in [0, 0.1) is 10.1 Å². The molecule has 7 nitrogen and oxygen atoms in total. The summed E-state index contributed by atoms with van der Waals surface area (Å²) in [5.74, 6) is 0. The van der Waals surface area contributed by atoms with E-state index in [1.54, 1.807) is 0 Å². The first-order valence-electron chi connectivity index (χ1n) is 5.91. The highest BCUT2D eigenvalue weighted by Crippen LogP contribution is 2.28. The Morgan fingerprint density at radius 3 is 2.11 bits per heavy atom. The van der Waals surface area contributed by atoms with Gasteiger partial charge in [0.2, 0.25) is 0 Å². The molecule has 0 saturated carbocycles. The molecule has 2 aliphatic rings. The van der Waals surface area contributed by atoms with Gasteiger partial charge in [0.05, 0.1) is 13.2 Å². The van der Waals surface area contributed by atoms with Crippen molar-refractivity contribution in [2.24, 2.45) is 0 Å². The molecule has 19 heavy (non-hydrogen) atoms. The lowest BCUT2D eigenvalue weighted by molar-refractivity contribution is -0.769. The van der Waals surface area contributed by atoms with Gasteiger partial charge in [0.15, 0.2) is 6.10 Å². The fourth-order valence-electron chi connectivity index (χ4n) is 2.03. The summed E-state index contributed by atoms with van der Waals surface area (Å²) in [5, 5.41) is 18.4. The Morgan fingerprint density at radius 1 is 1.05 bits per heavy atom. The van der Waals surface area contributed by atoms with E-state index in [0.29, 0.717) is 0 Å². The third-order valence-electron chi connectivity index (χ3n) is 2.87. The lowest BCUT2D eigenvalue weighted by Crippen LogP contribution is -2.33. The first kappa shape index (κ1) is 13.7. The number of aliphatic hydroxyl groups is 1. The Morgan fingerprint density at radius 2 is 1.58 bits per heavy atom. The van der Waals surface area contributed by atoms with Gasteiger partial charge in [-0.15, -0.1) is 10.1 Å². The fraction of sp³-hybridized carbons (Fsp3) is 0.500. The summed E-state index contributed by atoms with van der Waals surface area (Å²) < 4.78 is 10.2. The second-order valence-electron chi connectivity index (χ2n) is 4.19. The summed E-state index contributed by atoms with van der Waals surface area (Å²) >= 11 is 0. The molecule has 0 aromatic heterocycles. The van der Waals surface area contributed by atoms with Gasteiger partial charge in [0, 0.05) is 0 Å². The molecular formula is C12H15NO6. The first-order valence-corrected chi connectivity index (χ1v) is 5.91. The molecule has 4 atom stereocenters. The van der Waals surface area contributed by atoms with Crippen LogP contribution in [-0.2, 0) is 14.3 Å². The molecule has 2 saturated heterocycles. The van der Waals surface area contributed by atoms with Gasteiger partial charge in [-0.3, -0.25) is 0 Å². The van der Waals surface area contributed by atoms with Crippen LogP contribution in [0.3, 0.4) is 0 Å². The monoisotopic (exact) mass is 269 g/mol. The van der Waals surface area contributed by atoms with Crippen molar-refractivity contribution < 1.29 is 24.5 Å². The van der Waals surface area contributed by atoms with Crippen molar-refractivity contribution in [2.45, 2.75) is 24.4 Å². The van der Waals surface area contributed by atoms with Crippen molar-refractivity contribution in [1.29, 1.82) is 0 Å². The van der Waals surface area contributed by atoms with E-state index in [1.165, 1.54) is 0 Å². The summed E-state index contributed by atoms with van der Waals surface area (Å²) in [4.78, 5) is 14.4. The normalized spacial score (nSPS) is 32.1. The number of rotatable bonds is 2. The van der Waals surface area contributed by atoms with E-state index in [2.05, 4.69) is 4.84 Å². The van der Waals surface area contributed by atoms with Crippen molar-refractivity contribution >= 4 is 0 Å². The molecule has 0 spiro atoms. The standard InChI is InChI=1S/C6H9NO6.C6H6/c8-3-1-11-6-4(13-7(9)10)2-12-5(3)6;1-2-4-6-5-3-1/h3-6,8H,1-2H2;1-6H/t3-,4+,5+,6+;/m0./s1. The maximum Gasteiger partial charge on any atom is 0.294 e. The van der Waals surface area contributed by atoms with Gasteiger partial charge in [0.25, 0.3) is 5.09 Å².